The summed E-state index contributed by atoms with van der Waals surface area (Å²) < 4.78 is 1.74. The van der Waals surface area contributed by atoms with Gasteiger partial charge < -0.3 is 5.32 Å². The third-order valence-electron chi connectivity index (χ3n) is 4.08. The Labute approximate surface area is 150 Å². The minimum absolute atomic E-state index is 0.0930. The summed E-state index contributed by atoms with van der Waals surface area (Å²) in [7, 11) is 1.87. The average Bonchev–Trinajstić information content (AvgIpc) is 3.08. The van der Waals surface area contributed by atoms with Crippen LogP contribution >= 0.6 is 0 Å². The maximum atomic E-state index is 12.2. The van der Waals surface area contributed by atoms with Crippen LogP contribution in [0.25, 0.3) is 22.0 Å². The quantitative estimate of drug-likeness (QED) is 0.617. The third kappa shape index (κ3) is 3.44. The SMILES string of the molecule is Cn1cc(-c2cc3cc(NC(=O)Cc4ccccc4)ncc3cn2)cn1. The highest BCUT2D eigenvalue weighted by Crippen LogP contribution is 2.22. The standard InChI is InChI=1S/C20H17N5O/c1-25-13-17(12-23-25)18-8-15-9-19(22-11-16(15)10-21-18)24-20(26)7-14-5-3-2-4-6-14/h2-6,8-13H,7H2,1H3,(H,22,24,26). The van der Waals surface area contributed by atoms with E-state index in [4.69, 9.17) is 0 Å². The number of rotatable bonds is 4. The van der Waals surface area contributed by atoms with Crippen LogP contribution in [0.4, 0.5) is 5.82 Å². The second-order valence-electron chi connectivity index (χ2n) is 6.10. The summed E-state index contributed by atoms with van der Waals surface area (Å²) in [4.78, 5) is 21.0. The van der Waals surface area contributed by atoms with Gasteiger partial charge in [-0.3, -0.25) is 14.5 Å². The molecule has 0 aliphatic carbocycles. The Balaban J connectivity index is 1.57. The normalized spacial score (nSPS) is 10.8. The first-order valence-corrected chi connectivity index (χ1v) is 8.26. The zero-order valence-corrected chi connectivity index (χ0v) is 14.3. The highest BCUT2D eigenvalue weighted by Gasteiger charge is 2.08. The number of nitrogens with one attached hydrogen (secondary N) is 1. The van der Waals surface area contributed by atoms with E-state index >= 15 is 0 Å². The number of amides is 1. The number of fused-ring (bicyclic) bond motifs is 1. The summed E-state index contributed by atoms with van der Waals surface area (Å²) in [5.74, 6) is 0.436. The molecule has 6 nitrogen and oxygen atoms in total. The van der Waals surface area contributed by atoms with Gasteiger partial charge in [0.2, 0.25) is 5.91 Å². The Bertz CT molecular complexity index is 1070. The van der Waals surface area contributed by atoms with E-state index in [1.54, 1.807) is 23.3 Å². The molecule has 0 fully saturated rings. The van der Waals surface area contributed by atoms with Crippen LogP contribution in [-0.2, 0) is 18.3 Å². The Morgan fingerprint density at radius 2 is 1.85 bits per heavy atom. The topological polar surface area (TPSA) is 72.7 Å². The van der Waals surface area contributed by atoms with Crippen LogP contribution in [0.5, 0.6) is 0 Å². The van der Waals surface area contributed by atoms with Crippen molar-refractivity contribution >= 4 is 22.5 Å². The number of carbonyl (C=O) groups is 1. The number of hydrogen-bond donors (Lipinski definition) is 1. The van der Waals surface area contributed by atoms with E-state index in [0.717, 1.165) is 27.6 Å². The van der Waals surface area contributed by atoms with Crippen LogP contribution in [0.2, 0.25) is 0 Å². The van der Waals surface area contributed by atoms with Gasteiger partial charge in [0.1, 0.15) is 5.82 Å². The summed E-state index contributed by atoms with van der Waals surface area (Å²) in [5, 5.41) is 8.91. The molecule has 128 valence electrons. The monoisotopic (exact) mass is 343 g/mol. The summed E-state index contributed by atoms with van der Waals surface area (Å²) in [6.45, 7) is 0. The maximum absolute atomic E-state index is 12.2. The number of hydrogen-bond acceptors (Lipinski definition) is 4. The predicted octanol–water partition coefficient (Wildman–Crippen LogP) is 3.21. The molecule has 3 heterocycles. The van der Waals surface area contributed by atoms with Crippen molar-refractivity contribution in [3.63, 3.8) is 0 Å². The maximum Gasteiger partial charge on any atom is 0.229 e. The summed E-state index contributed by atoms with van der Waals surface area (Å²) in [5.41, 5.74) is 2.74. The second-order valence-corrected chi connectivity index (χ2v) is 6.10. The molecule has 4 aromatic rings. The van der Waals surface area contributed by atoms with Crippen molar-refractivity contribution < 1.29 is 4.79 Å². The van der Waals surface area contributed by atoms with Crippen molar-refractivity contribution in [1.82, 2.24) is 19.7 Å². The Morgan fingerprint density at radius 3 is 2.62 bits per heavy atom. The van der Waals surface area contributed by atoms with Crippen molar-refractivity contribution in [3.05, 3.63) is 72.8 Å². The number of aryl methyl sites for hydroxylation is 1. The molecule has 0 radical (unpaired) electrons. The van der Waals surface area contributed by atoms with Gasteiger partial charge in [-0.15, -0.1) is 0 Å². The van der Waals surface area contributed by atoms with Gasteiger partial charge in [-0.2, -0.15) is 5.10 Å². The summed E-state index contributed by atoms with van der Waals surface area (Å²) in [6, 6.07) is 13.5. The molecule has 1 N–H and O–H groups in total. The van der Waals surface area contributed by atoms with Crippen molar-refractivity contribution in [2.24, 2.45) is 7.05 Å². The zero-order chi connectivity index (χ0) is 17.9. The van der Waals surface area contributed by atoms with Crippen LogP contribution in [0.3, 0.4) is 0 Å². The van der Waals surface area contributed by atoms with Crippen LogP contribution < -0.4 is 5.32 Å². The fraction of sp³-hybridized carbons (Fsp3) is 0.100. The third-order valence-corrected chi connectivity index (χ3v) is 4.08. The molecule has 0 spiro atoms. The molecule has 0 aliphatic rings. The number of pyridine rings is 2. The minimum Gasteiger partial charge on any atom is -0.310 e. The van der Waals surface area contributed by atoms with Gasteiger partial charge in [-0.25, -0.2) is 4.98 Å². The number of benzene rings is 1. The van der Waals surface area contributed by atoms with Crippen molar-refractivity contribution in [2.75, 3.05) is 5.32 Å². The van der Waals surface area contributed by atoms with Crippen LogP contribution in [0.1, 0.15) is 5.56 Å². The Kier molecular flexibility index (Phi) is 4.15. The largest absolute Gasteiger partial charge is 0.310 e. The number of carbonyl (C=O) groups excluding carboxylic acids is 1. The first-order chi connectivity index (χ1) is 12.7. The van der Waals surface area contributed by atoms with E-state index < -0.39 is 0 Å². The first-order valence-electron chi connectivity index (χ1n) is 8.26. The van der Waals surface area contributed by atoms with Gasteiger partial charge in [0.05, 0.1) is 18.3 Å². The lowest BCUT2D eigenvalue weighted by Gasteiger charge is -2.06. The highest BCUT2D eigenvalue weighted by molar-refractivity contribution is 5.94. The molecule has 0 saturated carbocycles. The highest BCUT2D eigenvalue weighted by atomic mass is 16.1. The van der Waals surface area contributed by atoms with E-state index in [1.165, 1.54) is 0 Å². The van der Waals surface area contributed by atoms with Gasteiger partial charge in [-0.05, 0) is 23.1 Å². The molecule has 26 heavy (non-hydrogen) atoms. The van der Waals surface area contributed by atoms with Gasteiger partial charge in [-0.1, -0.05) is 30.3 Å². The smallest absolute Gasteiger partial charge is 0.229 e. The molecule has 0 saturated heterocycles. The summed E-state index contributed by atoms with van der Waals surface area (Å²) >= 11 is 0. The fourth-order valence-corrected chi connectivity index (χ4v) is 2.79. The molecular weight excluding hydrogens is 326 g/mol. The number of aromatic nitrogens is 4. The van der Waals surface area contributed by atoms with E-state index in [0.29, 0.717) is 12.2 Å². The van der Waals surface area contributed by atoms with Crippen molar-refractivity contribution in [2.45, 2.75) is 6.42 Å². The molecule has 1 amide bonds. The molecule has 0 aliphatic heterocycles. The Hall–Kier alpha value is -3.54. The van der Waals surface area contributed by atoms with Crippen LogP contribution in [-0.4, -0.2) is 25.7 Å². The van der Waals surface area contributed by atoms with Crippen molar-refractivity contribution in [1.29, 1.82) is 0 Å². The van der Waals surface area contributed by atoms with E-state index in [9.17, 15) is 4.79 Å². The van der Waals surface area contributed by atoms with Crippen LogP contribution in [0, 0.1) is 0 Å². The van der Waals surface area contributed by atoms with Crippen molar-refractivity contribution in [3.8, 4) is 11.3 Å². The van der Waals surface area contributed by atoms with E-state index in [2.05, 4.69) is 20.4 Å². The molecule has 1 aromatic carbocycles. The molecule has 4 rings (SSSR count). The predicted molar refractivity (Wildman–Crippen MR) is 101 cm³/mol. The summed E-state index contributed by atoms with van der Waals surface area (Å²) in [6.07, 6.45) is 7.50. The average molecular weight is 343 g/mol. The lowest BCUT2D eigenvalue weighted by molar-refractivity contribution is -0.115. The molecule has 3 aromatic heterocycles. The van der Waals surface area contributed by atoms with Gasteiger partial charge in [0, 0.05) is 36.6 Å². The van der Waals surface area contributed by atoms with E-state index in [-0.39, 0.29) is 5.91 Å². The van der Waals surface area contributed by atoms with E-state index in [1.807, 2.05) is 55.7 Å². The second kappa shape index (κ2) is 6.76. The molecule has 6 heteroatoms. The fourth-order valence-electron chi connectivity index (χ4n) is 2.79. The molecule has 0 bridgehead atoms. The Morgan fingerprint density at radius 1 is 1.04 bits per heavy atom. The first kappa shape index (κ1) is 16.0. The zero-order valence-electron chi connectivity index (χ0n) is 14.3. The number of nitrogens with zero attached hydrogens (tertiary/aromatic N) is 4. The van der Waals surface area contributed by atoms with Gasteiger partial charge in [0.15, 0.2) is 0 Å². The molecular formula is C20H17N5O. The lowest BCUT2D eigenvalue weighted by Crippen LogP contribution is -2.15. The number of anilines is 1. The van der Waals surface area contributed by atoms with Gasteiger partial charge >= 0.3 is 0 Å². The lowest BCUT2D eigenvalue weighted by atomic mass is 10.1. The molecule has 0 atom stereocenters. The van der Waals surface area contributed by atoms with Gasteiger partial charge in [0.25, 0.3) is 0 Å². The van der Waals surface area contributed by atoms with Crippen LogP contribution in [0.15, 0.2) is 67.3 Å². The minimum atomic E-state index is -0.0930. The molecule has 0 unspecified atom stereocenters.